The van der Waals surface area contributed by atoms with E-state index in [2.05, 4.69) is 60.2 Å². The van der Waals surface area contributed by atoms with Crippen molar-refractivity contribution in [2.75, 3.05) is 32.8 Å². The van der Waals surface area contributed by atoms with Crippen LogP contribution in [0.15, 0.2) is 73.1 Å². The van der Waals surface area contributed by atoms with E-state index >= 15 is 0 Å². The van der Waals surface area contributed by atoms with E-state index in [0.29, 0.717) is 52.7 Å². The number of ether oxygens (including phenoxy) is 3. The number of aromatic nitrogens is 1. The van der Waals surface area contributed by atoms with Gasteiger partial charge in [-0.3, -0.25) is 9.78 Å². The first-order valence-electron chi connectivity index (χ1n) is 15.2. The Labute approximate surface area is 269 Å². The van der Waals surface area contributed by atoms with Gasteiger partial charge in [0, 0.05) is 49.6 Å². The molecule has 0 spiro atoms. The van der Waals surface area contributed by atoms with Crippen LogP contribution < -0.4 is 14.2 Å². The number of benzene rings is 2. The number of allylic oxidation sites excluding steroid dienone is 3. The molecule has 8 nitrogen and oxygen atoms in total. The van der Waals surface area contributed by atoms with Crippen LogP contribution in [0.25, 0.3) is 5.57 Å². The third kappa shape index (κ3) is 8.12. The molecular weight excluding hydrogens is 590 g/mol. The summed E-state index contributed by atoms with van der Waals surface area (Å²) >= 11 is 6.52. The second-order valence-electron chi connectivity index (χ2n) is 12.0. The number of rotatable bonds is 13. The summed E-state index contributed by atoms with van der Waals surface area (Å²) in [6, 6.07) is 15.1. The van der Waals surface area contributed by atoms with Crippen molar-refractivity contribution in [3.05, 3.63) is 100 Å². The van der Waals surface area contributed by atoms with Crippen molar-refractivity contribution >= 4 is 23.5 Å². The van der Waals surface area contributed by atoms with Crippen molar-refractivity contribution < 1.29 is 24.1 Å². The number of β-amino-alcohol motifs (C(OH)–C–C–N with tert-alkyl or cyclic N) is 1. The van der Waals surface area contributed by atoms with Crippen molar-refractivity contribution in [2.24, 2.45) is 11.3 Å². The molecule has 0 amide bonds. The Kier molecular flexibility index (Phi) is 10.6. The third-order valence-corrected chi connectivity index (χ3v) is 8.73. The molecule has 9 heteroatoms. The molecular formula is C36H38ClN3O5. The highest BCUT2D eigenvalue weighted by Crippen LogP contribution is 2.45. The fourth-order valence-corrected chi connectivity index (χ4v) is 5.99. The van der Waals surface area contributed by atoms with E-state index < -0.39 is 0 Å². The van der Waals surface area contributed by atoms with Crippen LogP contribution in [-0.2, 0) is 6.61 Å². The number of nitriles is 1. The predicted octanol–water partition coefficient (Wildman–Crippen LogP) is 6.51. The van der Waals surface area contributed by atoms with Gasteiger partial charge in [-0.15, -0.1) is 0 Å². The number of hydrogen-bond acceptors (Lipinski definition) is 8. The molecule has 45 heavy (non-hydrogen) atoms. The summed E-state index contributed by atoms with van der Waals surface area (Å²) in [5, 5.41) is 19.2. The normalized spacial score (nSPS) is 19.0. The minimum absolute atomic E-state index is 0.0314. The Morgan fingerprint density at radius 1 is 1.16 bits per heavy atom. The van der Waals surface area contributed by atoms with Crippen molar-refractivity contribution in [1.82, 2.24) is 9.88 Å². The zero-order chi connectivity index (χ0) is 31.8. The van der Waals surface area contributed by atoms with Gasteiger partial charge >= 0.3 is 0 Å². The van der Waals surface area contributed by atoms with E-state index in [1.807, 2.05) is 12.1 Å². The van der Waals surface area contributed by atoms with Gasteiger partial charge in [0.15, 0.2) is 6.29 Å². The molecule has 1 saturated heterocycles. The Morgan fingerprint density at radius 2 is 2.02 bits per heavy atom. The van der Waals surface area contributed by atoms with Crippen LogP contribution in [0, 0.1) is 22.7 Å². The molecule has 1 fully saturated rings. The number of hydrogen-bond donors (Lipinski definition) is 1. The molecule has 1 aliphatic heterocycles. The summed E-state index contributed by atoms with van der Waals surface area (Å²) in [6.07, 6.45) is 11.7. The minimum atomic E-state index is -0.267. The number of aliphatic hydroxyl groups excluding tert-OH is 1. The third-order valence-electron chi connectivity index (χ3n) is 8.44. The minimum Gasteiger partial charge on any atom is -0.494 e. The van der Waals surface area contributed by atoms with Gasteiger partial charge in [0.05, 0.1) is 35.5 Å². The van der Waals surface area contributed by atoms with Gasteiger partial charge in [-0.1, -0.05) is 55.8 Å². The summed E-state index contributed by atoms with van der Waals surface area (Å²) in [6.45, 7) is 8.11. The molecule has 2 atom stereocenters. The average Bonchev–Trinajstić information content (AvgIpc) is 3.46. The maximum absolute atomic E-state index is 11.8. The number of nitrogens with zero attached hydrogens (tertiary/aromatic N) is 3. The molecule has 5 rings (SSSR count). The average molecular weight is 628 g/mol. The zero-order valence-electron chi connectivity index (χ0n) is 25.6. The molecule has 2 aromatic carbocycles. The molecule has 1 unspecified atom stereocenters. The van der Waals surface area contributed by atoms with Crippen molar-refractivity contribution in [3.63, 3.8) is 0 Å². The lowest BCUT2D eigenvalue weighted by atomic mass is 9.68. The number of halogens is 1. The molecule has 1 aromatic heterocycles. The van der Waals surface area contributed by atoms with Gasteiger partial charge < -0.3 is 24.2 Å². The highest BCUT2D eigenvalue weighted by Gasteiger charge is 2.35. The molecule has 1 N–H and O–H groups in total. The van der Waals surface area contributed by atoms with E-state index in [9.17, 15) is 9.90 Å². The van der Waals surface area contributed by atoms with E-state index in [1.54, 1.807) is 18.3 Å². The van der Waals surface area contributed by atoms with E-state index in [0.717, 1.165) is 43.8 Å². The number of carbonyl (C=O) groups excluding carboxylic acids is 1. The van der Waals surface area contributed by atoms with E-state index in [4.69, 9.17) is 31.1 Å². The Balaban J connectivity index is 1.21. The first kappa shape index (κ1) is 32.2. The van der Waals surface area contributed by atoms with E-state index in [1.165, 1.54) is 17.8 Å². The van der Waals surface area contributed by atoms with Crippen LogP contribution in [0.2, 0.25) is 5.02 Å². The molecule has 0 radical (unpaired) electrons. The van der Waals surface area contributed by atoms with Gasteiger partial charge in [0.25, 0.3) is 0 Å². The van der Waals surface area contributed by atoms with Gasteiger partial charge in [-0.05, 0) is 53.7 Å². The summed E-state index contributed by atoms with van der Waals surface area (Å²) < 4.78 is 18.3. The van der Waals surface area contributed by atoms with Crippen LogP contribution >= 0.6 is 11.6 Å². The number of likely N-dealkylation sites (tertiary alicyclic amines) is 1. The lowest BCUT2D eigenvalue weighted by molar-refractivity contribution is 0.111. The lowest BCUT2D eigenvalue weighted by Gasteiger charge is -2.37. The number of pyridine rings is 1. The molecule has 0 saturated carbocycles. The van der Waals surface area contributed by atoms with Crippen LogP contribution in [0.1, 0.15) is 53.7 Å². The smallest absolute Gasteiger partial charge is 0.153 e. The topological polar surface area (TPSA) is 105 Å². The summed E-state index contributed by atoms with van der Waals surface area (Å²) in [5.74, 6) is 1.61. The van der Waals surface area contributed by atoms with Gasteiger partial charge in [0.2, 0.25) is 0 Å². The monoisotopic (exact) mass is 627 g/mol. The number of aliphatic hydroxyl groups is 1. The van der Waals surface area contributed by atoms with Crippen LogP contribution in [-0.4, -0.2) is 60.2 Å². The standard InChI is InChI=1S/C36H38ClN3O5/c1-36(2)29(7-4-9-32(36)27-6-3-8-31(15-27)43-13-5-11-40-12-10-30(42)21-40)24-45-35-17-34(28(22-41)16-33(35)37)44-23-26-14-25(18-38)19-39-20-26/h3-4,6-9,14-17,19-20,22,29-30,42H,5,10-13,21,23-24H2,1-2H3/t29-,30?/m0/s1. The fourth-order valence-electron chi connectivity index (χ4n) is 5.77. The van der Waals surface area contributed by atoms with Crippen LogP contribution in [0.3, 0.4) is 0 Å². The molecule has 0 bridgehead atoms. The number of aldehydes is 1. The Bertz CT molecular complexity index is 1610. The maximum Gasteiger partial charge on any atom is 0.153 e. The van der Waals surface area contributed by atoms with Crippen molar-refractivity contribution in [3.8, 4) is 23.3 Å². The Hall–Kier alpha value is -4.16. The highest BCUT2D eigenvalue weighted by atomic mass is 35.5. The highest BCUT2D eigenvalue weighted by molar-refractivity contribution is 6.32. The Morgan fingerprint density at radius 3 is 2.80 bits per heavy atom. The quantitative estimate of drug-likeness (QED) is 0.169. The molecule has 1 aliphatic carbocycles. The second-order valence-corrected chi connectivity index (χ2v) is 12.4. The molecule has 2 heterocycles. The summed E-state index contributed by atoms with van der Waals surface area (Å²) in [5.41, 5.74) is 3.43. The predicted molar refractivity (Wildman–Crippen MR) is 174 cm³/mol. The van der Waals surface area contributed by atoms with Crippen LogP contribution in [0.5, 0.6) is 17.2 Å². The summed E-state index contributed by atoms with van der Waals surface area (Å²) in [4.78, 5) is 18.1. The molecule has 234 valence electrons. The van der Waals surface area contributed by atoms with Crippen molar-refractivity contribution in [2.45, 2.75) is 39.4 Å². The van der Waals surface area contributed by atoms with Gasteiger partial charge in [-0.25, -0.2) is 0 Å². The first-order chi connectivity index (χ1) is 21.8. The lowest BCUT2D eigenvalue weighted by Crippen LogP contribution is -2.30. The van der Waals surface area contributed by atoms with Crippen LogP contribution in [0.4, 0.5) is 0 Å². The fraction of sp³-hybridized carbons (Fsp3) is 0.361. The largest absolute Gasteiger partial charge is 0.494 e. The zero-order valence-corrected chi connectivity index (χ0v) is 26.4. The molecule has 3 aromatic rings. The summed E-state index contributed by atoms with van der Waals surface area (Å²) in [7, 11) is 0. The number of carbonyl (C=O) groups is 1. The SMILES string of the molecule is CC1(C)C(c2cccc(OCCCN3CCC(O)C3)c2)=CC=C[C@H]1COc1cc(OCc2cncc(C#N)c2)c(C=O)cc1Cl. The molecule has 2 aliphatic rings. The van der Waals surface area contributed by atoms with E-state index in [-0.39, 0.29) is 24.0 Å². The van der Waals surface area contributed by atoms with Crippen molar-refractivity contribution in [1.29, 1.82) is 5.26 Å². The van der Waals surface area contributed by atoms with Gasteiger partial charge in [0.1, 0.15) is 29.9 Å². The second kappa shape index (κ2) is 14.7. The maximum atomic E-state index is 11.8. The van der Waals surface area contributed by atoms with Gasteiger partial charge in [-0.2, -0.15) is 5.26 Å². The first-order valence-corrected chi connectivity index (χ1v) is 15.6.